The van der Waals surface area contributed by atoms with Crippen LogP contribution in [0.25, 0.3) is 27.6 Å². The van der Waals surface area contributed by atoms with Crippen LogP contribution in [-0.4, -0.2) is 38.0 Å². The summed E-state index contributed by atoms with van der Waals surface area (Å²) in [7, 11) is 0. The average molecular weight is 547 g/mol. The lowest BCUT2D eigenvalue weighted by Crippen LogP contribution is -2.38. The molecule has 0 bridgehead atoms. The largest absolute Gasteiger partial charge is 0.339 e. The molecule has 41 heavy (non-hydrogen) atoms. The number of imidazole rings is 1. The number of piperidine rings is 1. The van der Waals surface area contributed by atoms with Gasteiger partial charge in [0.15, 0.2) is 0 Å². The van der Waals surface area contributed by atoms with Crippen molar-refractivity contribution in [3.8, 4) is 5.69 Å². The van der Waals surface area contributed by atoms with Crippen molar-refractivity contribution in [2.45, 2.75) is 25.3 Å². The minimum Gasteiger partial charge on any atom is -0.339 e. The second-order valence-electron chi connectivity index (χ2n) is 10.6. The van der Waals surface area contributed by atoms with Crippen molar-refractivity contribution in [3.63, 3.8) is 0 Å². The highest BCUT2D eigenvalue weighted by Crippen LogP contribution is 2.32. The number of fused-ring (bicyclic) bond motifs is 2. The normalized spacial score (nSPS) is 14.2. The van der Waals surface area contributed by atoms with E-state index in [4.69, 9.17) is 4.98 Å². The molecule has 0 spiro atoms. The van der Waals surface area contributed by atoms with Crippen molar-refractivity contribution in [2.24, 2.45) is 0 Å². The molecule has 1 saturated heterocycles. The van der Waals surface area contributed by atoms with Crippen LogP contribution in [0.1, 0.15) is 40.5 Å². The molecule has 0 saturated carbocycles. The van der Waals surface area contributed by atoms with Gasteiger partial charge < -0.3 is 14.0 Å². The van der Waals surface area contributed by atoms with Crippen molar-refractivity contribution in [3.05, 3.63) is 132 Å². The van der Waals surface area contributed by atoms with E-state index in [9.17, 15) is 13.6 Å². The molecule has 204 valence electrons. The molecule has 0 N–H and O–H groups in total. The van der Waals surface area contributed by atoms with Crippen LogP contribution in [0.5, 0.6) is 0 Å². The van der Waals surface area contributed by atoms with Crippen LogP contribution < -0.4 is 0 Å². The maximum absolute atomic E-state index is 13.9. The third-order valence-electron chi connectivity index (χ3n) is 8.11. The molecular formula is C34H28F2N4O. The molecule has 7 rings (SSSR count). The fraction of sp³-hybridized carbons (Fsp3) is 0.176. The Kier molecular flexibility index (Phi) is 6.34. The molecule has 7 heteroatoms. The predicted octanol–water partition coefficient (Wildman–Crippen LogP) is 7.33. The van der Waals surface area contributed by atoms with Gasteiger partial charge in [0.05, 0.1) is 16.6 Å². The van der Waals surface area contributed by atoms with Gasteiger partial charge in [0.2, 0.25) is 0 Å². The van der Waals surface area contributed by atoms with Crippen LogP contribution in [-0.2, 0) is 6.54 Å². The van der Waals surface area contributed by atoms with Crippen LogP contribution in [0.2, 0.25) is 0 Å². The second-order valence-corrected chi connectivity index (χ2v) is 10.6. The highest BCUT2D eigenvalue weighted by atomic mass is 19.1. The van der Waals surface area contributed by atoms with E-state index in [1.54, 1.807) is 18.2 Å². The molecule has 4 aromatic carbocycles. The first-order valence-electron chi connectivity index (χ1n) is 13.9. The van der Waals surface area contributed by atoms with E-state index >= 15 is 0 Å². The zero-order valence-corrected chi connectivity index (χ0v) is 22.4. The molecule has 0 radical (unpaired) electrons. The van der Waals surface area contributed by atoms with Gasteiger partial charge >= 0.3 is 0 Å². The number of amides is 1. The molecule has 6 aromatic rings. The molecule has 0 atom stereocenters. The first kappa shape index (κ1) is 25.2. The van der Waals surface area contributed by atoms with Crippen LogP contribution in [0, 0.1) is 11.6 Å². The van der Waals surface area contributed by atoms with E-state index in [-0.39, 0.29) is 23.5 Å². The molecule has 1 aliphatic rings. The Morgan fingerprint density at radius 3 is 2.34 bits per heavy atom. The molecule has 3 heterocycles. The molecule has 0 aliphatic carbocycles. The minimum atomic E-state index is -0.302. The van der Waals surface area contributed by atoms with E-state index < -0.39 is 0 Å². The monoisotopic (exact) mass is 546 g/mol. The number of likely N-dealkylation sites (tertiary alicyclic amines) is 1. The Hall–Kier alpha value is -4.78. The van der Waals surface area contributed by atoms with Crippen molar-refractivity contribution >= 4 is 27.8 Å². The van der Waals surface area contributed by atoms with Gasteiger partial charge in [0, 0.05) is 48.4 Å². The van der Waals surface area contributed by atoms with Crippen LogP contribution in [0.3, 0.4) is 0 Å². The second kappa shape index (κ2) is 10.3. The van der Waals surface area contributed by atoms with E-state index in [2.05, 4.69) is 10.6 Å². The number of halogens is 2. The number of rotatable bonds is 5. The van der Waals surface area contributed by atoms with Crippen LogP contribution >= 0.6 is 0 Å². The number of hydrogen-bond acceptors (Lipinski definition) is 2. The third-order valence-corrected chi connectivity index (χ3v) is 8.11. The van der Waals surface area contributed by atoms with Gasteiger partial charge in [-0.3, -0.25) is 4.79 Å². The van der Waals surface area contributed by atoms with Crippen molar-refractivity contribution in [1.29, 1.82) is 0 Å². The number of carbonyl (C=O) groups excluding carboxylic acids is 1. The number of hydrogen-bond donors (Lipinski definition) is 0. The highest BCUT2D eigenvalue weighted by molar-refractivity contribution is 6.07. The summed E-state index contributed by atoms with van der Waals surface area (Å²) in [6, 6.07) is 28.8. The first-order chi connectivity index (χ1) is 20.0. The topological polar surface area (TPSA) is 43.1 Å². The lowest BCUT2D eigenvalue weighted by molar-refractivity contribution is 0.0712. The van der Waals surface area contributed by atoms with Gasteiger partial charge in [-0.25, -0.2) is 13.8 Å². The quantitative estimate of drug-likeness (QED) is 0.227. The Balaban J connectivity index is 1.13. The zero-order valence-electron chi connectivity index (χ0n) is 22.4. The summed E-state index contributed by atoms with van der Waals surface area (Å²) in [6.45, 7) is 1.78. The Bertz CT molecular complexity index is 1900. The number of aromatic nitrogens is 3. The van der Waals surface area contributed by atoms with Crippen LogP contribution in [0.4, 0.5) is 8.78 Å². The predicted molar refractivity (Wildman–Crippen MR) is 156 cm³/mol. The van der Waals surface area contributed by atoms with Gasteiger partial charge in [-0.1, -0.05) is 36.4 Å². The maximum Gasteiger partial charge on any atom is 0.254 e. The molecule has 5 nitrogen and oxygen atoms in total. The minimum absolute atomic E-state index is 0.000643. The van der Waals surface area contributed by atoms with E-state index in [1.807, 2.05) is 70.3 Å². The molecule has 1 aliphatic heterocycles. The molecule has 2 aromatic heterocycles. The summed E-state index contributed by atoms with van der Waals surface area (Å²) >= 11 is 0. The number of para-hydroxylation sites is 2. The van der Waals surface area contributed by atoms with Gasteiger partial charge in [-0.15, -0.1) is 0 Å². The first-order valence-corrected chi connectivity index (χ1v) is 13.9. The summed E-state index contributed by atoms with van der Waals surface area (Å²) in [5.41, 5.74) is 5.07. The molecule has 1 fully saturated rings. The summed E-state index contributed by atoms with van der Waals surface area (Å²) in [5, 5.41) is 0.848. The molecular weight excluding hydrogens is 518 g/mol. The van der Waals surface area contributed by atoms with Gasteiger partial charge in [-0.2, -0.15) is 0 Å². The van der Waals surface area contributed by atoms with E-state index in [0.717, 1.165) is 46.2 Å². The van der Waals surface area contributed by atoms with Gasteiger partial charge in [0.25, 0.3) is 5.91 Å². The number of carbonyl (C=O) groups is 1. The zero-order chi connectivity index (χ0) is 27.9. The fourth-order valence-electron chi connectivity index (χ4n) is 6.11. The standard InChI is InChI=1S/C34H28F2N4O/c35-25-7-3-6-23(20-25)22-40-32-12-2-1-11-30(32)37-33(40)24-14-17-38(18-15-24)34(41)29-10-5-13-31-28(29)16-19-39(31)27-9-4-8-26(36)21-27/h1-13,16,19-21,24H,14-15,17-18,22H2. The average Bonchev–Trinajstić information content (AvgIpc) is 3.59. The maximum atomic E-state index is 13.9. The Labute approximate surface area is 236 Å². The fourth-order valence-corrected chi connectivity index (χ4v) is 6.11. The van der Waals surface area contributed by atoms with E-state index in [0.29, 0.717) is 30.9 Å². The number of benzene rings is 4. The Morgan fingerprint density at radius 2 is 1.54 bits per heavy atom. The Morgan fingerprint density at radius 1 is 0.805 bits per heavy atom. The molecule has 1 amide bonds. The third kappa shape index (κ3) is 4.67. The summed E-state index contributed by atoms with van der Waals surface area (Å²) in [4.78, 5) is 20.7. The van der Waals surface area contributed by atoms with Gasteiger partial charge in [0.1, 0.15) is 17.5 Å². The highest BCUT2D eigenvalue weighted by Gasteiger charge is 2.29. The van der Waals surface area contributed by atoms with Crippen LogP contribution in [0.15, 0.2) is 103 Å². The van der Waals surface area contributed by atoms with Crippen molar-refractivity contribution < 1.29 is 13.6 Å². The van der Waals surface area contributed by atoms with E-state index in [1.165, 1.54) is 18.2 Å². The summed E-state index contributed by atoms with van der Waals surface area (Å²) in [5.74, 6) is 0.617. The number of nitrogens with zero attached hydrogens (tertiary/aromatic N) is 4. The summed E-state index contributed by atoms with van der Waals surface area (Å²) < 4.78 is 31.9. The lowest BCUT2D eigenvalue weighted by Gasteiger charge is -2.32. The van der Waals surface area contributed by atoms with Crippen molar-refractivity contribution in [1.82, 2.24) is 19.0 Å². The SMILES string of the molecule is O=C(c1cccc2c1ccn2-c1cccc(F)c1)N1CCC(c2nc3ccccc3n2Cc2cccc(F)c2)CC1. The molecule has 0 unspecified atom stereocenters. The lowest BCUT2D eigenvalue weighted by atomic mass is 9.95. The van der Waals surface area contributed by atoms with Gasteiger partial charge in [-0.05, 0) is 79.1 Å². The summed E-state index contributed by atoms with van der Waals surface area (Å²) in [6.07, 6.45) is 3.46. The van der Waals surface area contributed by atoms with Crippen molar-refractivity contribution in [2.75, 3.05) is 13.1 Å². The smallest absolute Gasteiger partial charge is 0.254 e.